The van der Waals surface area contributed by atoms with Crippen LogP contribution in [0.4, 0.5) is 17.6 Å². The Morgan fingerprint density at radius 2 is 1.05 bits per heavy atom. The second kappa shape index (κ2) is 4.40. The summed E-state index contributed by atoms with van der Waals surface area (Å²) in [5.41, 5.74) is -2.06. The van der Waals surface area contributed by atoms with Crippen LogP contribution in [0.2, 0.25) is 0 Å². The predicted molar refractivity (Wildman–Crippen MR) is 52.9 cm³/mol. The van der Waals surface area contributed by atoms with Crippen molar-refractivity contribution in [2.24, 2.45) is 0 Å². The quantitative estimate of drug-likeness (QED) is 0.409. The molecule has 0 saturated carbocycles. The summed E-state index contributed by atoms with van der Waals surface area (Å²) in [6.45, 7) is 0. The molecule has 0 radical (unpaired) electrons. The monoisotopic (exact) mass is 286 g/mol. The van der Waals surface area contributed by atoms with E-state index in [1.54, 1.807) is 0 Å². The Balaban J connectivity index is 2.43. The van der Waals surface area contributed by atoms with Crippen molar-refractivity contribution in [3.8, 4) is 22.5 Å². The van der Waals surface area contributed by atoms with Gasteiger partial charge in [0.25, 0.3) is 0 Å². The van der Waals surface area contributed by atoms with Crippen molar-refractivity contribution in [3.63, 3.8) is 0 Å². The van der Waals surface area contributed by atoms with E-state index in [1.165, 1.54) is 0 Å². The zero-order valence-electron chi connectivity index (χ0n) is 9.27. The molecule has 3 rings (SSSR count). The van der Waals surface area contributed by atoms with E-state index >= 15 is 0 Å². The van der Waals surface area contributed by atoms with Gasteiger partial charge in [0.1, 0.15) is 11.4 Å². The molecule has 20 heavy (non-hydrogen) atoms. The molecular weight excluding hydrogens is 284 g/mol. The zero-order valence-corrected chi connectivity index (χ0v) is 9.27. The fraction of sp³-hybridized carbons (Fsp3) is 0. The Bertz CT molecular complexity index is 693. The van der Waals surface area contributed by atoms with Gasteiger partial charge in [-0.15, -0.1) is 10.2 Å². The molecule has 0 bridgehead atoms. The van der Waals surface area contributed by atoms with Crippen molar-refractivity contribution in [1.29, 1.82) is 0 Å². The van der Waals surface area contributed by atoms with Gasteiger partial charge in [0, 0.05) is 10.5 Å². The molecule has 0 unspecified atom stereocenters. The van der Waals surface area contributed by atoms with Crippen LogP contribution in [0.5, 0.6) is 0 Å². The SMILES string of the molecule is Fc1c(F)c(F)c(-c2conn2)c(-c2conn2)c1F. The molecule has 0 atom stereocenters. The maximum Gasteiger partial charge on any atom is 0.198 e. The third kappa shape index (κ3) is 1.65. The number of halogens is 4. The van der Waals surface area contributed by atoms with Gasteiger partial charge in [-0.3, -0.25) is 0 Å². The van der Waals surface area contributed by atoms with Crippen LogP contribution in [0.15, 0.2) is 21.6 Å². The van der Waals surface area contributed by atoms with E-state index in [1.807, 2.05) is 0 Å². The molecule has 0 aliphatic carbocycles. The average Bonchev–Trinajstić information content (AvgIpc) is 3.12. The molecule has 2 heterocycles. The van der Waals surface area contributed by atoms with E-state index < -0.39 is 34.4 Å². The number of hydrogen-bond donors (Lipinski definition) is 0. The summed E-state index contributed by atoms with van der Waals surface area (Å²) >= 11 is 0. The molecule has 3 aromatic rings. The van der Waals surface area contributed by atoms with E-state index in [-0.39, 0.29) is 11.4 Å². The number of benzene rings is 1. The first-order chi connectivity index (χ1) is 9.61. The van der Waals surface area contributed by atoms with E-state index in [0.717, 1.165) is 12.5 Å². The molecule has 2 aromatic heterocycles. The molecule has 10 heteroatoms. The number of hydrogen-bond acceptors (Lipinski definition) is 6. The lowest BCUT2D eigenvalue weighted by molar-refractivity contribution is 0.392. The Morgan fingerprint density at radius 3 is 1.35 bits per heavy atom. The van der Waals surface area contributed by atoms with Crippen LogP contribution in [-0.4, -0.2) is 20.7 Å². The highest BCUT2D eigenvalue weighted by Gasteiger charge is 2.30. The molecule has 1 aromatic carbocycles. The second-order valence-electron chi connectivity index (χ2n) is 3.59. The van der Waals surface area contributed by atoms with E-state index in [4.69, 9.17) is 0 Å². The molecular formula is C10H2F4N4O2. The van der Waals surface area contributed by atoms with E-state index in [2.05, 4.69) is 29.8 Å². The largest absolute Gasteiger partial charge is 0.345 e. The first-order valence-corrected chi connectivity index (χ1v) is 5.02. The predicted octanol–water partition coefficient (Wildman–Crippen LogP) is 2.34. The molecule has 102 valence electrons. The van der Waals surface area contributed by atoms with Gasteiger partial charge in [0.15, 0.2) is 35.8 Å². The summed E-state index contributed by atoms with van der Waals surface area (Å²) in [6, 6.07) is 0. The lowest BCUT2D eigenvalue weighted by Gasteiger charge is -2.08. The van der Waals surface area contributed by atoms with Crippen molar-refractivity contribution in [1.82, 2.24) is 20.7 Å². The molecule has 6 nitrogen and oxygen atoms in total. The van der Waals surface area contributed by atoms with Gasteiger partial charge in [-0.25, -0.2) is 17.6 Å². The van der Waals surface area contributed by atoms with Gasteiger partial charge >= 0.3 is 0 Å². The Kier molecular flexibility index (Phi) is 2.70. The van der Waals surface area contributed by atoms with Crippen LogP contribution in [0.1, 0.15) is 0 Å². The van der Waals surface area contributed by atoms with Crippen LogP contribution < -0.4 is 0 Å². The van der Waals surface area contributed by atoms with Crippen molar-refractivity contribution in [2.45, 2.75) is 0 Å². The minimum atomic E-state index is -1.99. The third-order valence-corrected chi connectivity index (χ3v) is 2.50. The highest BCUT2D eigenvalue weighted by atomic mass is 19.2. The van der Waals surface area contributed by atoms with Crippen molar-refractivity contribution in [2.75, 3.05) is 0 Å². The first kappa shape index (κ1) is 12.3. The maximum absolute atomic E-state index is 13.9. The molecule has 0 spiro atoms. The molecule has 0 aliphatic rings. The number of aromatic nitrogens is 4. The van der Waals surface area contributed by atoms with Crippen LogP contribution in [0.3, 0.4) is 0 Å². The average molecular weight is 286 g/mol. The fourth-order valence-corrected chi connectivity index (χ4v) is 1.66. The van der Waals surface area contributed by atoms with Crippen LogP contribution in [0.25, 0.3) is 22.5 Å². The first-order valence-electron chi connectivity index (χ1n) is 5.02. The lowest BCUT2D eigenvalue weighted by atomic mass is 10.0. The van der Waals surface area contributed by atoms with Gasteiger partial charge in [0.2, 0.25) is 0 Å². The third-order valence-electron chi connectivity index (χ3n) is 2.50. The van der Waals surface area contributed by atoms with Crippen LogP contribution >= 0.6 is 0 Å². The van der Waals surface area contributed by atoms with Crippen molar-refractivity contribution in [3.05, 3.63) is 35.8 Å². The molecule has 0 fully saturated rings. The summed E-state index contributed by atoms with van der Waals surface area (Å²) < 4.78 is 63.2. The van der Waals surface area contributed by atoms with Crippen molar-refractivity contribution < 1.29 is 26.6 Å². The Hall–Kier alpha value is -2.78. The minimum Gasteiger partial charge on any atom is -0.345 e. The maximum atomic E-state index is 13.9. The number of nitrogens with zero attached hydrogens (tertiary/aromatic N) is 4. The standard InChI is InChI=1S/C10H2F4N4O2/c11-7-5(3-1-19-17-15-3)6(4-2-20-18-16-4)8(12)10(14)9(7)13/h1-2H. The normalized spacial score (nSPS) is 11.0. The van der Waals surface area contributed by atoms with Gasteiger partial charge in [-0.1, -0.05) is 0 Å². The summed E-state index contributed by atoms with van der Waals surface area (Å²) in [4.78, 5) is 0. The van der Waals surface area contributed by atoms with Gasteiger partial charge in [0.05, 0.1) is 11.1 Å². The second-order valence-corrected chi connectivity index (χ2v) is 3.59. The minimum absolute atomic E-state index is 0.335. The highest BCUT2D eigenvalue weighted by Crippen LogP contribution is 2.37. The Labute approximate surface area is 107 Å². The van der Waals surface area contributed by atoms with Gasteiger partial charge < -0.3 is 9.05 Å². The molecule has 0 N–H and O–H groups in total. The summed E-state index contributed by atoms with van der Waals surface area (Å²) in [5.74, 6) is -7.28. The summed E-state index contributed by atoms with van der Waals surface area (Å²) in [7, 11) is 0. The topological polar surface area (TPSA) is 77.8 Å². The molecule has 0 aliphatic heterocycles. The van der Waals surface area contributed by atoms with Gasteiger partial charge in [-0.2, -0.15) is 0 Å². The fourth-order valence-electron chi connectivity index (χ4n) is 1.66. The lowest BCUT2D eigenvalue weighted by Crippen LogP contribution is -2.04. The van der Waals surface area contributed by atoms with Crippen molar-refractivity contribution >= 4 is 0 Å². The zero-order chi connectivity index (χ0) is 14.3. The summed E-state index contributed by atoms with van der Waals surface area (Å²) in [6.07, 6.45) is 1.68. The van der Waals surface area contributed by atoms with E-state index in [9.17, 15) is 17.6 Å². The highest BCUT2D eigenvalue weighted by molar-refractivity contribution is 5.80. The van der Waals surface area contributed by atoms with E-state index in [0.29, 0.717) is 0 Å². The summed E-state index contributed by atoms with van der Waals surface area (Å²) in [5, 5.41) is 12.8. The molecule has 0 saturated heterocycles. The molecule has 0 amide bonds. The Morgan fingerprint density at radius 1 is 0.650 bits per heavy atom. The number of rotatable bonds is 2. The smallest absolute Gasteiger partial charge is 0.198 e. The van der Waals surface area contributed by atoms with Crippen LogP contribution in [-0.2, 0) is 0 Å². The van der Waals surface area contributed by atoms with Gasteiger partial charge in [-0.05, 0) is 0 Å². The van der Waals surface area contributed by atoms with Crippen LogP contribution in [0, 0.1) is 23.3 Å².